The van der Waals surface area contributed by atoms with E-state index >= 15 is 0 Å². The molecule has 2 N–H and O–H groups in total. The molecular weight excluding hydrogens is 206 g/mol. The zero-order valence-electron chi connectivity index (χ0n) is 11.2. The normalized spacial score (nSPS) is 18.8. The van der Waals surface area contributed by atoms with Gasteiger partial charge >= 0.3 is 0 Å². The van der Waals surface area contributed by atoms with Crippen LogP contribution in [0.2, 0.25) is 0 Å². The average molecular weight is 231 g/mol. The van der Waals surface area contributed by atoms with Gasteiger partial charge in [-0.2, -0.15) is 0 Å². The molecule has 1 heteroatoms. The van der Waals surface area contributed by atoms with Crippen molar-refractivity contribution in [2.75, 3.05) is 6.54 Å². The lowest BCUT2D eigenvalue weighted by Crippen LogP contribution is -2.25. The van der Waals surface area contributed by atoms with Gasteiger partial charge in [0.1, 0.15) is 0 Å². The van der Waals surface area contributed by atoms with Gasteiger partial charge in [0.15, 0.2) is 0 Å². The van der Waals surface area contributed by atoms with Crippen LogP contribution in [0.15, 0.2) is 24.3 Å². The summed E-state index contributed by atoms with van der Waals surface area (Å²) in [6.45, 7) is 5.31. The second-order valence-electron chi connectivity index (χ2n) is 5.80. The van der Waals surface area contributed by atoms with Gasteiger partial charge in [0.25, 0.3) is 0 Å². The van der Waals surface area contributed by atoms with Crippen LogP contribution < -0.4 is 5.73 Å². The highest BCUT2D eigenvalue weighted by molar-refractivity contribution is 5.31. The predicted octanol–water partition coefficient (Wildman–Crippen LogP) is 3.97. The van der Waals surface area contributed by atoms with Crippen LogP contribution in [0.3, 0.4) is 0 Å². The topological polar surface area (TPSA) is 26.0 Å². The van der Waals surface area contributed by atoms with Crippen LogP contribution in [0.4, 0.5) is 0 Å². The fourth-order valence-corrected chi connectivity index (χ4v) is 3.23. The van der Waals surface area contributed by atoms with Crippen molar-refractivity contribution in [3.8, 4) is 0 Å². The van der Waals surface area contributed by atoms with Gasteiger partial charge < -0.3 is 5.73 Å². The second-order valence-corrected chi connectivity index (χ2v) is 5.80. The van der Waals surface area contributed by atoms with Gasteiger partial charge in [0, 0.05) is 0 Å². The Morgan fingerprint density at radius 1 is 1.12 bits per heavy atom. The Bertz CT molecular complexity index is 344. The SMILES string of the molecule is CC(C)c1ccc(C2(CCN)CCCC2)cc1. The van der Waals surface area contributed by atoms with Crippen molar-refractivity contribution in [2.45, 2.75) is 57.3 Å². The number of benzene rings is 1. The highest BCUT2D eigenvalue weighted by Crippen LogP contribution is 2.43. The van der Waals surface area contributed by atoms with Crippen LogP contribution >= 0.6 is 0 Å². The van der Waals surface area contributed by atoms with Gasteiger partial charge in [-0.1, -0.05) is 51.0 Å². The quantitative estimate of drug-likeness (QED) is 0.833. The summed E-state index contributed by atoms with van der Waals surface area (Å²) in [5.41, 5.74) is 9.16. The van der Waals surface area contributed by atoms with Crippen molar-refractivity contribution >= 4 is 0 Å². The summed E-state index contributed by atoms with van der Waals surface area (Å²) in [6.07, 6.45) is 6.53. The zero-order valence-corrected chi connectivity index (χ0v) is 11.2. The maximum Gasteiger partial charge on any atom is -0.00350 e. The Morgan fingerprint density at radius 2 is 1.71 bits per heavy atom. The van der Waals surface area contributed by atoms with E-state index in [1.165, 1.54) is 36.8 Å². The molecule has 0 bridgehead atoms. The number of rotatable bonds is 4. The smallest absolute Gasteiger partial charge is 0.00350 e. The molecule has 0 amide bonds. The molecule has 0 aliphatic heterocycles. The molecule has 2 rings (SSSR count). The lowest BCUT2D eigenvalue weighted by molar-refractivity contribution is 0.412. The van der Waals surface area contributed by atoms with E-state index < -0.39 is 0 Å². The van der Waals surface area contributed by atoms with Crippen LogP contribution in [0.5, 0.6) is 0 Å². The van der Waals surface area contributed by atoms with E-state index in [1.807, 2.05) is 0 Å². The van der Waals surface area contributed by atoms with Crippen molar-refractivity contribution < 1.29 is 0 Å². The first-order valence-corrected chi connectivity index (χ1v) is 6.98. The zero-order chi connectivity index (χ0) is 12.3. The van der Waals surface area contributed by atoms with Crippen LogP contribution in [0.1, 0.15) is 63.0 Å². The van der Waals surface area contributed by atoms with Crippen molar-refractivity contribution in [1.29, 1.82) is 0 Å². The van der Waals surface area contributed by atoms with E-state index in [1.54, 1.807) is 0 Å². The molecule has 0 saturated heterocycles. The van der Waals surface area contributed by atoms with E-state index in [0.29, 0.717) is 11.3 Å². The maximum absolute atomic E-state index is 5.81. The summed E-state index contributed by atoms with van der Waals surface area (Å²) in [6, 6.07) is 9.29. The van der Waals surface area contributed by atoms with Gasteiger partial charge in [-0.3, -0.25) is 0 Å². The molecule has 0 unspecified atom stereocenters. The molecule has 17 heavy (non-hydrogen) atoms. The third-order valence-corrected chi connectivity index (χ3v) is 4.37. The van der Waals surface area contributed by atoms with Crippen molar-refractivity contribution in [1.82, 2.24) is 0 Å². The first-order chi connectivity index (χ1) is 8.18. The van der Waals surface area contributed by atoms with Gasteiger partial charge in [0.05, 0.1) is 0 Å². The third-order valence-electron chi connectivity index (χ3n) is 4.37. The Hall–Kier alpha value is -0.820. The Balaban J connectivity index is 2.24. The van der Waals surface area contributed by atoms with Crippen molar-refractivity contribution in [3.63, 3.8) is 0 Å². The summed E-state index contributed by atoms with van der Waals surface area (Å²) >= 11 is 0. The molecule has 1 aromatic carbocycles. The van der Waals surface area contributed by atoms with Gasteiger partial charge in [0.2, 0.25) is 0 Å². The Morgan fingerprint density at radius 3 is 2.18 bits per heavy atom. The minimum absolute atomic E-state index is 0.393. The molecule has 1 saturated carbocycles. The molecular formula is C16H25N. The first-order valence-electron chi connectivity index (χ1n) is 6.98. The minimum Gasteiger partial charge on any atom is -0.330 e. The molecule has 1 aromatic rings. The van der Waals surface area contributed by atoms with E-state index in [4.69, 9.17) is 5.73 Å². The van der Waals surface area contributed by atoms with Gasteiger partial charge in [-0.25, -0.2) is 0 Å². The minimum atomic E-state index is 0.393. The molecule has 0 aromatic heterocycles. The van der Waals surface area contributed by atoms with Crippen LogP contribution in [-0.4, -0.2) is 6.54 Å². The first kappa shape index (κ1) is 12.6. The lowest BCUT2D eigenvalue weighted by atomic mass is 9.76. The maximum atomic E-state index is 5.81. The van der Waals surface area contributed by atoms with E-state index in [9.17, 15) is 0 Å². The highest BCUT2D eigenvalue weighted by atomic mass is 14.5. The second kappa shape index (κ2) is 5.22. The molecule has 0 spiro atoms. The molecule has 0 heterocycles. The fourth-order valence-electron chi connectivity index (χ4n) is 3.23. The molecule has 1 aliphatic rings. The summed E-state index contributed by atoms with van der Waals surface area (Å²) < 4.78 is 0. The largest absolute Gasteiger partial charge is 0.330 e. The number of hydrogen-bond acceptors (Lipinski definition) is 1. The third kappa shape index (κ3) is 2.55. The van der Waals surface area contributed by atoms with Gasteiger partial charge in [-0.05, 0) is 48.3 Å². The van der Waals surface area contributed by atoms with E-state index in [2.05, 4.69) is 38.1 Å². The summed E-state index contributed by atoms with van der Waals surface area (Å²) in [5.74, 6) is 0.623. The summed E-state index contributed by atoms with van der Waals surface area (Å²) in [5, 5.41) is 0. The van der Waals surface area contributed by atoms with Crippen LogP contribution in [0.25, 0.3) is 0 Å². The van der Waals surface area contributed by atoms with Crippen molar-refractivity contribution in [3.05, 3.63) is 35.4 Å². The molecule has 1 nitrogen and oxygen atoms in total. The van der Waals surface area contributed by atoms with Crippen molar-refractivity contribution in [2.24, 2.45) is 5.73 Å². The van der Waals surface area contributed by atoms with Crippen LogP contribution in [-0.2, 0) is 5.41 Å². The van der Waals surface area contributed by atoms with Gasteiger partial charge in [-0.15, -0.1) is 0 Å². The summed E-state index contributed by atoms with van der Waals surface area (Å²) in [7, 11) is 0. The number of nitrogens with two attached hydrogens (primary N) is 1. The number of hydrogen-bond donors (Lipinski definition) is 1. The van der Waals surface area contributed by atoms with E-state index in [0.717, 1.165) is 13.0 Å². The Kier molecular flexibility index (Phi) is 3.88. The monoisotopic (exact) mass is 231 g/mol. The summed E-state index contributed by atoms with van der Waals surface area (Å²) in [4.78, 5) is 0. The molecule has 94 valence electrons. The lowest BCUT2D eigenvalue weighted by Gasteiger charge is -2.29. The standard InChI is InChI=1S/C16H25N/c1-13(2)14-5-7-15(8-6-14)16(11-12-17)9-3-4-10-16/h5-8,13H,3-4,9-12,17H2,1-2H3. The molecule has 1 fully saturated rings. The Labute approximate surface area is 105 Å². The predicted molar refractivity (Wildman–Crippen MR) is 74.3 cm³/mol. The highest BCUT2D eigenvalue weighted by Gasteiger charge is 2.34. The molecule has 1 aliphatic carbocycles. The molecule has 0 atom stereocenters. The fraction of sp³-hybridized carbons (Fsp3) is 0.625. The van der Waals surface area contributed by atoms with E-state index in [-0.39, 0.29) is 0 Å². The average Bonchev–Trinajstić information content (AvgIpc) is 2.79. The molecule has 0 radical (unpaired) electrons. The van der Waals surface area contributed by atoms with Crippen LogP contribution in [0, 0.1) is 0 Å².